The van der Waals surface area contributed by atoms with Crippen molar-refractivity contribution >= 4 is 0 Å². The van der Waals surface area contributed by atoms with Crippen LogP contribution in [0.1, 0.15) is 29.2 Å². The molecule has 3 heteroatoms. The molecule has 0 bridgehead atoms. The largest absolute Gasteiger partial charge is 0.497 e. The van der Waals surface area contributed by atoms with E-state index in [4.69, 9.17) is 4.74 Å². The summed E-state index contributed by atoms with van der Waals surface area (Å²) in [4.78, 5) is 2.47. The maximum absolute atomic E-state index is 9.18. The third-order valence-electron chi connectivity index (χ3n) is 4.43. The summed E-state index contributed by atoms with van der Waals surface area (Å²) in [7, 11) is 1.71. The number of nitrogens with zero attached hydrogens (tertiary/aromatic N) is 1. The maximum Gasteiger partial charge on any atom is 0.119 e. The van der Waals surface area contributed by atoms with Gasteiger partial charge in [0.05, 0.1) is 7.11 Å². The highest BCUT2D eigenvalue weighted by molar-refractivity contribution is 5.39. The Morgan fingerprint density at radius 1 is 1.14 bits per heavy atom. The summed E-state index contributed by atoms with van der Waals surface area (Å²) in [6, 6.07) is 17.4. The second kappa shape index (κ2) is 6.95. The van der Waals surface area contributed by atoms with Crippen molar-refractivity contribution in [1.82, 2.24) is 4.90 Å². The van der Waals surface area contributed by atoms with Gasteiger partial charge in [0, 0.05) is 25.7 Å². The molecule has 3 nitrogen and oxygen atoms in total. The Kier molecular flexibility index (Phi) is 4.76. The van der Waals surface area contributed by atoms with E-state index in [0.717, 1.165) is 31.7 Å². The lowest BCUT2D eigenvalue weighted by Gasteiger charge is -2.37. The van der Waals surface area contributed by atoms with Gasteiger partial charge in [0.2, 0.25) is 0 Å². The van der Waals surface area contributed by atoms with Crippen molar-refractivity contribution < 1.29 is 9.84 Å². The molecule has 1 heterocycles. The van der Waals surface area contributed by atoms with Crippen LogP contribution in [-0.4, -0.2) is 30.3 Å². The molecule has 0 aromatic heterocycles. The van der Waals surface area contributed by atoms with E-state index in [9.17, 15) is 5.11 Å². The molecule has 2 aromatic rings. The predicted octanol–water partition coefficient (Wildman–Crippen LogP) is 3.18. The van der Waals surface area contributed by atoms with Gasteiger partial charge in [-0.3, -0.25) is 4.90 Å². The molecule has 1 unspecified atom stereocenters. The standard InChI is InChI=1S/C19H23NO2/c1-22-18-9-8-16-13-19(15-6-3-2-4-7-15)20(10-5-11-21)14-17(16)12-18/h2-4,6-9,12,19,21H,5,10-11,13-14H2,1H3. The molecule has 0 radical (unpaired) electrons. The number of benzene rings is 2. The minimum absolute atomic E-state index is 0.239. The van der Waals surface area contributed by atoms with E-state index in [1.54, 1.807) is 7.11 Å². The molecule has 0 fully saturated rings. The average molecular weight is 297 g/mol. The van der Waals surface area contributed by atoms with Gasteiger partial charge >= 0.3 is 0 Å². The van der Waals surface area contributed by atoms with Gasteiger partial charge in [-0.15, -0.1) is 0 Å². The van der Waals surface area contributed by atoms with E-state index < -0.39 is 0 Å². The third-order valence-corrected chi connectivity index (χ3v) is 4.43. The first-order valence-corrected chi connectivity index (χ1v) is 7.87. The molecule has 0 spiro atoms. The molecule has 1 aliphatic heterocycles. The summed E-state index contributed by atoms with van der Waals surface area (Å²) in [5.74, 6) is 0.916. The number of hydrogen-bond donors (Lipinski definition) is 1. The van der Waals surface area contributed by atoms with Gasteiger partial charge in [-0.05, 0) is 41.7 Å². The molecular formula is C19H23NO2. The Morgan fingerprint density at radius 2 is 1.95 bits per heavy atom. The van der Waals surface area contributed by atoms with Crippen LogP contribution in [0.5, 0.6) is 5.75 Å². The van der Waals surface area contributed by atoms with Crippen LogP contribution in [0, 0.1) is 0 Å². The summed E-state index contributed by atoms with van der Waals surface area (Å²) < 4.78 is 5.35. The lowest BCUT2D eigenvalue weighted by Crippen LogP contribution is -2.35. The van der Waals surface area contributed by atoms with Crippen molar-refractivity contribution in [1.29, 1.82) is 0 Å². The van der Waals surface area contributed by atoms with Crippen LogP contribution in [0.2, 0.25) is 0 Å². The Balaban J connectivity index is 1.90. The normalized spacial score (nSPS) is 18.0. The molecule has 1 aliphatic rings. The molecule has 3 rings (SSSR count). The SMILES string of the molecule is COc1ccc2c(c1)CN(CCCO)C(c1ccccc1)C2. The molecule has 22 heavy (non-hydrogen) atoms. The first-order chi connectivity index (χ1) is 10.8. The first-order valence-electron chi connectivity index (χ1n) is 7.87. The molecular weight excluding hydrogens is 274 g/mol. The maximum atomic E-state index is 9.18. The number of ether oxygens (including phenoxy) is 1. The van der Waals surface area contributed by atoms with Gasteiger partial charge in [0.25, 0.3) is 0 Å². The van der Waals surface area contributed by atoms with Gasteiger partial charge in [-0.2, -0.15) is 0 Å². The number of aliphatic hydroxyl groups excluding tert-OH is 1. The molecule has 2 aromatic carbocycles. The molecule has 1 atom stereocenters. The van der Waals surface area contributed by atoms with Crippen molar-refractivity contribution in [3.05, 3.63) is 65.2 Å². The Bertz CT molecular complexity index is 612. The number of methoxy groups -OCH3 is 1. The van der Waals surface area contributed by atoms with Gasteiger partial charge in [-0.1, -0.05) is 36.4 Å². The van der Waals surface area contributed by atoms with Gasteiger partial charge in [0.1, 0.15) is 5.75 Å². The first kappa shape index (κ1) is 15.1. The van der Waals surface area contributed by atoms with E-state index in [-0.39, 0.29) is 6.61 Å². The minimum Gasteiger partial charge on any atom is -0.497 e. The fourth-order valence-corrected chi connectivity index (χ4v) is 3.25. The number of fused-ring (bicyclic) bond motifs is 1. The van der Waals surface area contributed by atoms with Crippen molar-refractivity contribution in [2.24, 2.45) is 0 Å². The molecule has 0 amide bonds. The third kappa shape index (κ3) is 3.16. The van der Waals surface area contributed by atoms with Crippen LogP contribution in [0.25, 0.3) is 0 Å². The van der Waals surface area contributed by atoms with Crippen molar-refractivity contribution in [3.8, 4) is 5.75 Å². The van der Waals surface area contributed by atoms with Crippen LogP contribution in [0.15, 0.2) is 48.5 Å². The second-order valence-electron chi connectivity index (χ2n) is 5.81. The fraction of sp³-hybridized carbons (Fsp3) is 0.368. The quantitative estimate of drug-likeness (QED) is 0.920. The molecule has 116 valence electrons. The zero-order valence-electron chi connectivity index (χ0n) is 13.0. The van der Waals surface area contributed by atoms with E-state index in [1.807, 2.05) is 6.07 Å². The highest BCUT2D eigenvalue weighted by Crippen LogP contribution is 2.34. The van der Waals surface area contributed by atoms with Crippen LogP contribution in [0.4, 0.5) is 0 Å². The smallest absolute Gasteiger partial charge is 0.119 e. The zero-order valence-corrected chi connectivity index (χ0v) is 13.0. The molecule has 0 saturated carbocycles. The fourth-order valence-electron chi connectivity index (χ4n) is 3.25. The van der Waals surface area contributed by atoms with Gasteiger partial charge in [0.15, 0.2) is 0 Å². The Morgan fingerprint density at radius 3 is 2.68 bits per heavy atom. The molecule has 1 N–H and O–H groups in total. The second-order valence-corrected chi connectivity index (χ2v) is 5.81. The Hall–Kier alpha value is -1.84. The topological polar surface area (TPSA) is 32.7 Å². The number of hydrogen-bond acceptors (Lipinski definition) is 3. The molecule has 0 aliphatic carbocycles. The summed E-state index contributed by atoms with van der Waals surface area (Å²) >= 11 is 0. The van der Waals surface area contributed by atoms with Crippen LogP contribution >= 0.6 is 0 Å². The van der Waals surface area contributed by atoms with Crippen molar-refractivity contribution in [2.75, 3.05) is 20.3 Å². The average Bonchev–Trinajstić information content (AvgIpc) is 2.59. The lowest BCUT2D eigenvalue weighted by molar-refractivity contribution is 0.153. The predicted molar refractivity (Wildman–Crippen MR) is 88.0 cm³/mol. The van der Waals surface area contributed by atoms with Crippen molar-refractivity contribution in [2.45, 2.75) is 25.4 Å². The van der Waals surface area contributed by atoms with Crippen molar-refractivity contribution in [3.63, 3.8) is 0 Å². The monoisotopic (exact) mass is 297 g/mol. The van der Waals surface area contributed by atoms with E-state index >= 15 is 0 Å². The minimum atomic E-state index is 0.239. The Labute approximate surface area is 132 Å². The zero-order chi connectivity index (χ0) is 15.4. The molecule has 0 saturated heterocycles. The van der Waals surface area contributed by atoms with E-state index in [1.165, 1.54) is 16.7 Å². The van der Waals surface area contributed by atoms with Crippen LogP contribution in [0.3, 0.4) is 0 Å². The number of aliphatic hydroxyl groups is 1. The highest BCUT2D eigenvalue weighted by atomic mass is 16.5. The highest BCUT2D eigenvalue weighted by Gasteiger charge is 2.27. The number of rotatable bonds is 5. The summed E-state index contributed by atoms with van der Waals surface area (Å²) in [5, 5.41) is 9.18. The van der Waals surface area contributed by atoms with Crippen LogP contribution < -0.4 is 4.74 Å². The summed E-state index contributed by atoms with van der Waals surface area (Å²) in [5.41, 5.74) is 4.08. The van der Waals surface area contributed by atoms with Gasteiger partial charge in [-0.25, -0.2) is 0 Å². The lowest BCUT2D eigenvalue weighted by atomic mass is 9.89. The van der Waals surface area contributed by atoms with Crippen LogP contribution in [-0.2, 0) is 13.0 Å². The van der Waals surface area contributed by atoms with E-state index in [0.29, 0.717) is 6.04 Å². The van der Waals surface area contributed by atoms with E-state index in [2.05, 4.69) is 47.4 Å². The van der Waals surface area contributed by atoms with Gasteiger partial charge < -0.3 is 9.84 Å². The summed E-state index contributed by atoms with van der Waals surface area (Å²) in [6.45, 7) is 2.06. The summed E-state index contributed by atoms with van der Waals surface area (Å²) in [6.07, 6.45) is 1.82.